The van der Waals surface area contributed by atoms with Crippen molar-refractivity contribution in [2.75, 3.05) is 13.7 Å². The van der Waals surface area contributed by atoms with Crippen LogP contribution in [-0.2, 0) is 14.3 Å². The second kappa shape index (κ2) is 6.21. The number of methoxy groups -OCH3 is 1. The number of nitrogens with two attached hydrogens (primary N) is 1. The molecule has 0 aromatic heterocycles. The van der Waals surface area contributed by atoms with E-state index in [1.54, 1.807) is 6.92 Å². The summed E-state index contributed by atoms with van der Waals surface area (Å²) in [5, 5.41) is 0. The molecule has 1 unspecified atom stereocenters. The minimum atomic E-state index is -0.881. The van der Waals surface area contributed by atoms with Crippen molar-refractivity contribution in [3.8, 4) is 0 Å². The van der Waals surface area contributed by atoms with Crippen molar-refractivity contribution < 1.29 is 14.3 Å². The van der Waals surface area contributed by atoms with E-state index in [0.29, 0.717) is 19.1 Å². The number of hydrogen-bond acceptors (Lipinski definition) is 4. The highest BCUT2D eigenvalue weighted by atomic mass is 16.5. The van der Waals surface area contributed by atoms with Crippen LogP contribution >= 0.6 is 0 Å². The van der Waals surface area contributed by atoms with E-state index >= 15 is 0 Å². The summed E-state index contributed by atoms with van der Waals surface area (Å²) in [7, 11) is 1.36. The first-order valence-electron chi connectivity index (χ1n) is 6.05. The zero-order valence-corrected chi connectivity index (χ0v) is 10.3. The SMILES string of the molecule is COC(=O)C(C)(N)CCCOC1CCCC1. The molecule has 4 nitrogen and oxygen atoms in total. The number of hydrogen-bond donors (Lipinski definition) is 1. The van der Waals surface area contributed by atoms with Crippen molar-refractivity contribution in [1.29, 1.82) is 0 Å². The number of ether oxygens (including phenoxy) is 2. The van der Waals surface area contributed by atoms with Gasteiger partial charge in [-0.05, 0) is 32.6 Å². The quantitative estimate of drug-likeness (QED) is 0.555. The van der Waals surface area contributed by atoms with Crippen LogP contribution in [-0.4, -0.2) is 31.3 Å². The van der Waals surface area contributed by atoms with Crippen LogP contribution in [0.25, 0.3) is 0 Å². The Morgan fingerprint density at radius 3 is 2.62 bits per heavy atom. The molecule has 0 amide bonds. The highest BCUT2D eigenvalue weighted by Gasteiger charge is 2.28. The third kappa shape index (κ3) is 4.10. The summed E-state index contributed by atoms with van der Waals surface area (Å²) in [5.74, 6) is -0.353. The van der Waals surface area contributed by atoms with Gasteiger partial charge in [0, 0.05) is 6.61 Å². The molecule has 1 aliphatic carbocycles. The molecule has 1 atom stereocenters. The highest BCUT2D eigenvalue weighted by molar-refractivity contribution is 5.79. The lowest BCUT2D eigenvalue weighted by Crippen LogP contribution is -2.45. The molecule has 0 bridgehead atoms. The zero-order valence-electron chi connectivity index (χ0n) is 10.3. The van der Waals surface area contributed by atoms with Gasteiger partial charge in [0.1, 0.15) is 5.54 Å². The van der Waals surface area contributed by atoms with Gasteiger partial charge in [-0.2, -0.15) is 0 Å². The topological polar surface area (TPSA) is 61.5 Å². The first-order chi connectivity index (χ1) is 7.56. The zero-order chi connectivity index (χ0) is 12.0. The molecule has 0 saturated heterocycles. The summed E-state index contributed by atoms with van der Waals surface area (Å²) < 4.78 is 10.3. The van der Waals surface area contributed by atoms with Gasteiger partial charge in [-0.25, -0.2) is 0 Å². The van der Waals surface area contributed by atoms with Gasteiger partial charge in [0.25, 0.3) is 0 Å². The molecular formula is C12H23NO3. The molecule has 1 fully saturated rings. The summed E-state index contributed by atoms with van der Waals surface area (Å²) in [6, 6.07) is 0. The van der Waals surface area contributed by atoms with Gasteiger partial charge in [-0.15, -0.1) is 0 Å². The predicted octanol–water partition coefficient (Wildman–Crippen LogP) is 1.62. The van der Waals surface area contributed by atoms with E-state index in [0.717, 1.165) is 6.42 Å². The standard InChI is InChI=1S/C12H23NO3/c1-12(13,11(14)15-2)8-5-9-16-10-6-3-4-7-10/h10H,3-9,13H2,1-2H3. The molecule has 1 rings (SSSR count). The van der Waals surface area contributed by atoms with Crippen LogP contribution in [0.3, 0.4) is 0 Å². The average Bonchev–Trinajstić information content (AvgIpc) is 2.76. The number of carbonyl (C=O) groups excluding carboxylic acids is 1. The van der Waals surface area contributed by atoms with E-state index in [9.17, 15) is 4.79 Å². The Morgan fingerprint density at radius 1 is 1.44 bits per heavy atom. The Hall–Kier alpha value is -0.610. The second-order valence-electron chi connectivity index (χ2n) is 4.79. The van der Waals surface area contributed by atoms with Crippen molar-refractivity contribution in [1.82, 2.24) is 0 Å². The molecule has 0 heterocycles. The van der Waals surface area contributed by atoms with Gasteiger partial charge in [0.05, 0.1) is 13.2 Å². The monoisotopic (exact) mass is 229 g/mol. The highest BCUT2D eigenvalue weighted by Crippen LogP contribution is 2.21. The minimum absolute atomic E-state index is 0.353. The lowest BCUT2D eigenvalue weighted by molar-refractivity contribution is -0.146. The second-order valence-corrected chi connectivity index (χ2v) is 4.79. The fourth-order valence-electron chi connectivity index (χ4n) is 2.08. The fourth-order valence-corrected chi connectivity index (χ4v) is 2.08. The summed E-state index contributed by atoms with van der Waals surface area (Å²) >= 11 is 0. The Kier molecular flexibility index (Phi) is 5.22. The molecule has 0 aliphatic heterocycles. The summed E-state index contributed by atoms with van der Waals surface area (Å²) in [6.07, 6.45) is 6.75. The molecule has 1 aliphatic rings. The predicted molar refractivity (Wildman–Crippen MR) is 62.1 cm³/mol. The van der Waals surface area contributed by atoms with E-state index in [-0.39, 0.29) is 5.97 Å². The van der Waals surface area contributed by atoms with E-state index in [1.165, 1.54) is 32.8 Å². The van der Waals surface area contributed by atoms with E-state index in [2.05, 4.69) is 4.74 Å². The molecule has 0 radical (unpaired) electrons. The van der Waals surface area contributed by atoms with Gasteiger partial charge in [-0.3, -0.25) is 4.79 Å². The van der Waals surface area contributed by atoms with Gasteiger partial charge in [-0.1, -0.05) is 12.8 Å². The molecule has 0 spiro atoms. The maximum Gasteiger partial charge on any atom is 0.325 e. The number of rotatable bonds is 6. The third-order valence-corrected chi connectivity index (χ3v) is 3.15. The van der Waals surface area contributed by atoms with Crippen molar-refractivity contribution in [3.05, 3.63) is 0 Å². The molecule has 4 heteroatoms. The first-order valence-corrected chi connectivity index (χ1v) is 6.05. The van der Waals surface area contributed by atoms with Crippen LogP contribution in [0, 0.1) is 0 Å². The van der Waals surface area contributed by atoms with E-state index in [1.807, 2.05) is 0 Å². The Balaban J connectivity index is 2.11. The minimum Gasteiger partial charge on any atom is -0.468 e. The van der Waals surface area contributed by atoms with Crippen molar-refractivity contribution in [2.24, 2.45) is 5.73 Å². The first kappa shape index (κ1) is 13.5. The number of esters is 1. The van der Waals surface area contributed by atoms with Crippen LogP contribution in [0.15, 0.2) is 0 Å². The van der Waals surface area contributed by atoms with Gasteiger partial charge in [0.2, 0.25) is 0 Å². The van der Waals surface area contributed by atoms with Crippen LogP contribution in [0.1, 0.15) is 45.4 Å². The molecule has 94 valence electrons. The number of carbonyl (C=O) groups is 1. The van der Waals surface area contributed by atoms with Crippen molar-refractivity contribution in [2.45, 2.75) is 57.1 Å². The molecule has 1 saturated carbocycles. The molecular weight excluding hydrogens is 206 g/mol. The average molecular weight is 229 g/mol. The van der Waals surface area contributed by atoms with Crippen LogP contribution in [0.4, 0.5) is 0 Å². The smallest absolute Gasteiger partial charge is 0.325 e. The Morgan fingerprint density at radius 2 is 2.06 bits per heavy atom. The maximum absolute atomic E-state index is 11.3. The van der Waals surface area contributed by atoms with E-state index < -0.39 is 5.54 Å². The van der Waals surface area contributed by atoms with Crippen LogP contribution in [0.5, 0.6) is 0 Å². The summed E-state index contributed by atoms with van der Waals surface area (Å²) in [4.78, 5) is 11.3. The molecule has 0 aromatic rings. The van der Waals surface area contributed by atoms with Crippen LogP contribution < -0.4 is 5.73 Å². The van der Waals surface area contributed by atoms with Crippen LogP contribution in [0.2, 0.25) is 0 Å². The summed E-state index contributed by atoms with van der Waals surface area (Å²) in [6.45, 7) is 2.39. The maximum atomic E-state index is 11.3. The summed E-state index contributed by atoms with van der Waals surface area (Å²) in [5.41, 5.74) is 4.95. The van der Waals surface area contributed by atoms with Crippen molar-refractivity contribution in [3.63, 3.8) is 0 Å². The lowest BCUT2D eigenvalue weighted by Gasteiger charge is -2.21. The Labute approximate surface area is 97.5 Å². The molecule has 16 heavy (non-hydrogen) atoms. The lowest BCUT2D eigenvalue weighted by atomic mass is 9.98. The van der Waals surface area contributed by atoms with Gasteiger partial charge >= 0.3 is 5.97 Å². The molecule has 0 aromatic carbocycles. The van der Waals surface area contributed by atoms with E-state index in [4.69, 9.17) is 10.5 Å². The van der Waals surface area contributed by atoms with Gasteiger partial charge in [0.15, 0.2) is 0 Å². The third-order valence-electron chi connectivity index (χ3n) is 3.15. The van der Waals surface area contributed by atoms with Gasteiger partial charge < -0.3 is 15.2 Å². The Bertz CT molecular complexity index is 222. The normalized spacial score (nSPS) is 20.7. The molecule has 2 N–H and O–H groups in total. The fraction of sp³-hybridized carbons (Fsp3) is 0.917. The van der Waals surface area contributed by atoms with Crippen molar-refractivity contribution >= 4 is 5.97 Å². The largest absolute Gasteiger partial charge is 0.468 e.